The van der Waals surface area contributed by atoms with Gasteiger partial charge in [0.1, 0.15) is 6.54 Å². The lowest BCUT2D eigenvalue weighted by atomic mass is 10.6. The van der Waals surface area contributed by atoms with Gasteiger partial charge >= 0.3 is 0 Å². The third-order valence-electron chi connectivity index (χ3n) is 0.964. The van der Waals surface area contributed by atoms with E-state index in [1.54, 1.807) is 6.07 Å². The second-order valence-electron chi connectivity index (χ2n) is 3.30. The number of carbonyl (C=O) groups excluding carboxylic acids is 1. The highest BCUT2D eigenvalue weighted by molar-refractivity contribution is 5.72. The maximum atomic E-state index is 9.94. The largest absolute Gasteiger partial charge is 0.395 e. The highest BCUT2D eigenvalue weighted by Gasteiger charge is 1.82. The first kappa shape index (κ1) is 20.3. The summed E-state index contributed by atoms with van der Waals surface area (Å²) in [6.45, 7) is 6.75. The number of carbonyl (C=O) groups is 1. The average Bonchev–Trinajstić information content (AvgIpc) is 2.16. The first-order valence-corrected chi connectivity index (χ1v) is 5.33. The standard InChI is InChI=1S/C4H6N2O.C4H11NO.C3H8/c1-4(7)6-3-2-5;1-5(2)3-4-6;1-3-2/h3H2,1H3,(H,6,7);6H,3-4H2,1-2H3;3H2,1-2H3. The maximum Gasteiger partial charge on any atom is 0.217 e. The molecule has 16 heavy (non-hydrogen) atoms. The Morgan fingerprint density at radius 1 is 1.44 bits per heavy atom. The average molecular weight is 231 g/mol. The molecule has 0 aliphatic heterocycles. The summed E-state index contributed by atoms with van der Waals surface area (Å²) in [7, 11) is 3.85. The molecular formula is C11H25N3O2. The summed E-state index contributed by atoms with van der Waals surface area (Å²) in [6, 6.07) is 1.77. The molecule has 0 spiro atoms. The molecule has 0 atom stereocenters. The fraction of sp³-hybridized carbons (Fsp3) is 0.818. The molecule has 0 heterocycles. The van der Waals surface area contributed by atoms with Crippen LogP contribution in [0.2, 0.25) is 0 Å². The molecule has 0 aromatic heterocycles. The molecule has 0 fully saturated rings. The number of likely N-dealkylation sites (N-methyl/N-ethyl adjacent to an activating group) is 1. The molecule has 0 aromatic rings. The minimum atomic E-state index is -0.165. The van der Waals surface area contributed by atoms with Crippen LogP contribution >= 0.6 is 0 Å². The number of hydrogen-bond donors (Lipinski definition) is 2. The minimum Gasteiger partial charge on any atom is -0.395 e. The molecule has 0 saturated carbocycles. The zero-order valence-corrected chi connectivity index (χ0v) is 11.1. The fourth-order valence-electron chi connectivity index (χ4n) is 0.364. The van der Waals surface area contributed by atoms with Crippen LogP contribution in [-0.2, 0) is 4.79 Å². The van der Waals surface area contributed by atoms with E-state index in [0.717, 1.165) is 6.54 Å². The summed E-state index contributed by atoms with van der Waals surface area (Å²) >= 11 is 0. The van der Waals surface area contributed by atoms with Gasteiger partial charge in [0.15, 0.2) is 0 Å². The van der Waals surface area contributed by atoms with Crippen LogP contribution in [0.15, 0.2) is 0 Å². The maximum absolute atomic E-state index is 9.94. The van der Waals surface area contributed by atoms with Crippen molar-refractivity contribution in [3.05, 3.63) is 0 Å². The Morgan fingerprint density at radius 3 is 1.94 bits per heavy atom. The van der Waals surface area contributed by atoms with Crippen molar-refractivity contribution in [1.29, 1.82) is 5.26 Å². The summed E-state index contributed by atoms with van der Waals surface area (Å²) in [5.74, 6) is -0.165. The molecule has 1 amide bonds. The van der Waals surface area contributed by atoms with Crippen molar-refractivity contribution in [2.24, 2.45) is 0 Å². The molecular weight excluding hydrogens is 206 g/mol. The minimum absolute atomic E-state index is 0.106. The van der Waals surface area contributed by atoms with Crippen molar-refractivity contribution in [2.75, 3.05) is 33.8 Å². The number of nitriles is 1. The number of rotatable bonds is 3. The fourth-order valence-corrected chi connectivity index (χ4v) is 0.364. The van der Waals surface area contributed by atoms with Crippen LogP contribution in [0.1, 0.15) is 27.2 Å². The Morgan fingerprint density at radius 2 is 1.88 bits per heavy atom. The summed E-state index contributed by atoms with van der Waals surface area (Å²) in [4.78, 5) is 11.9. The molecule has 5 nitrogen and oxygen atoms in total. The monoisotopic (exact) mass is 231 g/mol. The van der Waals surface area contributed by atoms with Gasteiger partial charge in [-0.1, -0.05) is 20.3 Å². The lowest BCUT2D eigenvalue weighted by Crippen LogP contribution is -2.19. The number of amides is 1. The summed E-state index contributed by atoms with van der Waals surface area (Å²) < 4.78 is 0. The van der Waals surface area contributed by atoms with Crippen molar-refractivity contribution in [2.45, 2.75) is 27.2 Å². The van der Waals surface area contributed by atoms with E-state index in [1.807, 2.05) is 19.0 Å². The predicted molar refractivity (Wildman–Crippen MR) is 65.9 cm³/mol. The van der Waals surface area contributed by atoms with Crippen molar-refractivity contribution in [3.63, 3.8) is 0 Å². The Labute approximate surface area is 99.1 Å². The molecule has 5 heteroatoms. The topological polar surface area (TPSA) is 76.4 Å². The van der Waals surface area contributed by atoms with E-state index in [-0.39, 0.29) is 19.1 Å². The van der Waals surface area contributed by atoms with Gasteiger partial charge in [-0.3, -0.25) is 4.79 Å². The van der Waals surface area contributed by atoms with Gasteiger partial charge in [-0.2, -0.15) is 5.26 Å². The first-order chi connectivity index (χ1) is 7.45. The van der Waals surface area contributed by atoms with Crippen LogP contribution in [0.3, 0.4) is 0 Å². The van der Waals surface area contributed by atoms with Crippen molar-refractivity contribution in [1.82, 2.24) is 10.2 Å². The molecule has 0 aromatic carbocycles. The number of nitrogens with one attached hydrogen (secondary N) is 1. The van der Waals surface area contributed by atoms with Crippen LogP contribution in [0.5, 0.6) is 0 Å². The Kier molecular flexibility index (Phi) is 24.7. The quantitative estimate of drug-likeness (QED) is 0.697. The van der Waals surface area contributed by atoms with E-state index < -0.39 is 0 Å². The summed E-state index contributed by atoms with van der Waals surface area (Å²) in [5.41, 5.74) is 0. The third-order valence-corrected chi connectivity index (χ3v) is 0.964. The molecule has 0 rings (SSSR count). The molecule has 0 saturated heterocycles. The smallest absolute Gasteiger partial charge is 0.217 e. The molecule has 0 aliphatic carbocycles. The number of aliphatic hydroxyl groups is 1. The van der Waals surface area contributed by atoms with Gasteiger partial charge in [0, 0.05) is 13.5 Å². The Hall–Kier alpha value is -1.12. The van der Waals surface area contributed by atoms with Crippen LogP contribution < -0.4 is 5.32 Å². The van der Waals surface area contributed by atoms with E-state index >= 15 is 0 Å². The van der Waals surface area contributed by atoms with Crippen molar-refractivity contribution in [3.8, 4) is 6.07 Å². The second kappa shape index (κ2) is 19.5. The van der Waals surface area contributed by atoms with Crippen molar-refractivity contribution >= 4 is 5.91 Å². The lowest BCUT2D eigenvalue weighted by Gasteiger charge is -2.03. The molecule has 0 radical (unpaired) electrons. The van der Waals surface area contributed by atoms with E-state index in [2.05, 4.69) is 19.2 Å². The van der Waals surface area contributed by atoms with Gasteiger partial charge in [-0.15, -0.1) is 0 Å². The number of hydrogen-bond acceptors (Lipinski definition) is 4. The Balaban J connectivity index is -0.000000172. The van der Waals surface area contributed by atoms with Gasteiger partial charge in [0.25, 0.3) is 0 Å². The van der Waals surface area contributed by atoms with Gasteiger partial charge in [0.2, 0.25) is 5.91 Å². The number of aliphatic hydroxyl groups excluding tert-OH is 1. The molecule has 0 bridgehead atoms. The second-order valence-corrected chi connectivity index (χ2v) is 3.30. The third kappa shape index (κ3) is 52.6. The highest BCUT2D eigenvalue weighted by Crippen LogP contribution is 1.66. The van der Waals surface area contributed by atoms with Gasteiger partial charge in [-0.05, 0) is 14.1 Å². The predicted octanol–water partition coefficient (Wildman–Crippen LogP) is 0.603. The van der Waals surface area contributed by atoms with Crippen LogP contribution in [0, 0.1) is 11.3 Å². The van der Waals surface area contributed by atoms with Crippen molar-refractivity contribution < 1.29 is 9.90 Å². The van der Waals surface area contributed by atoms with Crippen LogP contribution in [-0.4, -0.2) is 49.7 Å². The normalized spacial score (nSPS) is 7.88. The number of nitrogens with zero attached hydrogens (tertiary/aromatic N) is 2. The molecule has 0 aliphatic rings. The highest BCUT2D eigenvalue weighted by atomic mass is 16.3. The van der Waals surface area contributed by atoms with E-state index in [0.29, 0.717) is 0 Å². The SMILES string of the molecule is CC(=O)NCC#N.CCC.CN(C)CCO. The van der Waals surface area contributed by atoms with Gasteiger partial charge in [0.05, 0.1) is 12.7 Å². The summed E-state index contributed by atoms with van der Waals surface area (Å²) in [6.07, 6.45) is 1.25. The first-order valence-electron chi connectivity index (χ1n) is 5.33. The van der Waals surface area contributed by atoms with Crippen LogP contribution in [0.4, 0.5) is 0 Å². The summed E-state index contributed by atoms with van der Waals surface area (Å²) in [5, 5.41) is 18.3. The zero-order valence-electron chi connectivity index (χ0n) is 11.1. The zero-order chi connectivity index (χ0) is 13.4. The van der Waals surface area contributed by atoms with Crippen LogP contribution in [0.25, 0.3) is 0 Å². The molecule has 0 unspecified atom stereocenters. The Bertz CT molecular complexity index is 177. The molecule has 96 valence electrons. The van der Waals surface area contributed by atoms with E-state index in [4.69, 9.17) is 10.4 Å². The van der Waals surface area contributed by atoms with Gasteiger partial charge in [-0.25, -0.2) is 0 Å². The van der Waals surface area contributed by atoms with Gasteiger partial charge < -0.3 is 15.3 Å². The lowest BCUT2D eigenvalue weighted by molar-refractivity contribution is -0.118. The van der Waals surface area contributed by atoms with E-state index in [1.165, 1.54) is 13.3 Å². The molecule has 2 N–H and O–H groups in total. The van der Waals surface area contributed by atoms with E-state index in [9.17, 15) is 4.79 Å².